The molecule has 0 fully saturated rings. The average molecular weight is 206 g/mol. The quantitative estimate of drug-likeness (QED) is 0.730. The monoisotopic (exact) mass is 206 g/mol. The molecular weight excluding hydrogens is 184 g/mol. The Morgan fingerprint density at radius 2 is 1.60 bits per heavy atom. The summed E-state index contributed by atoms with van der Waals surface area (Å²) in [5.74, 6) is 0. The van der Waals surface area contributed by atoms with Crippen molar-refractivity contribution in [2.45, 2.75) is 19.9 Å². The second-order valence-corrected chi connectivity index (χ2v) is 4.43. The molecule has 0 radical (unpaired) electrons. The van der Waals surface area contributed by atoms with E-state index >= 15 is 0 Å². The van der Waals surface area contributed by atoms with Crippen molar-refractivity contribution in [2.75, 3.05) is 32.1 Å². The van der Waals surface area contributed by atoms with Gasteiger partial charge in [-0.25, -0.2) is 0 Å². The summed E-state index contributed by atoms with van der Waals surface area (Å²) in [7, 11) is 4.23. The molecule has 2 nitrogen and oxygen atoms in total. The third-order valence-electron chi connectivity index (χ3n) is 2.50. The summed E-state index contributed by atoms with van der Waals surface area (Å²) in [5, 5.41) is 0. The second-order valence-electron chi connectivity index (χ2n) is 4.43. The van der Waals surface area contributed by atoms with Gasteiger partial charge in [0.05, 0.1) is 0 Å². The van der Waals surface area contributed by atoms with Gasteiger partial charge in [0.1, 0.15) is 0 Å². The highest BCUT2D eigenvalue weighted by Gasteiger charge is 2.09. The number of hydrogen-bond donors (Lipinski definition) is 0. The largest absolute Gasteiger partial charge is 0.368 e. The van der Waals surface area contributed by atoms with Gasteiger partial charge in [-0.3, -0.25) is 0 Å². The van der Waals surface area contributed by atoms with Gasteiger partial charge in [-0.05, 0) is 40.1 Å². The van der Waals surface area contributed by atoms with Gasteiger partial charge in [-0.15, -0.1) is 0 Å². The lowest BCUT2D eigenvalue weighted by Gasteiger charge is -2.30. The van der Waals surface area contributed by atoms with Crippen molar-refractivity contribution >= 4 is 5.69 Å². The molecule has 1 aromatic rings. The molecule has 0 amide bonds. The van der Waals surface area contributed by atoms with Crippen LogP contribution in [0.3, 0.4) is 0 Å². The number of benzene rings is 1. The fourth-order valence-corrected chi connectivity index (χ4v) is 1.61. The van der Waals surface area contributed by atoms with Crippen molar-refractivity contribution in [3.63, 3.8) is 0 Å². The molecular formula is C13H22N2. The first-order valence-corrected chi connectivity index (χ1v) is 5.57. The molecule has 0 heterocycles. The van der Waals surface area contributed by atoms with Crippen LogP contribution in [0.4, 0.5) is 5.69 Å². The van der Waals surface area contributed by atoms with Crippen LogP contribution in [0, 0.1) is 0 Å². The SMILES string of the molecule is CC(C)N(CCN(C)C)c1ccccc1. The van der Waals surface area contributed by atoms with Gasteiger partial charge in [0, 0.05) is 24.8 Å². The van der Waals surface area contributed by atoms with Crippen LogP contribution in [-0.2, 0) is 0 Å². The topological polar surface area (TPSA) is 6.48 Å². The first-order valence-electron chi connectivity index (χ1n) is 5.57. The molecule has 0 N–H and O–H groups in total. The predicted octanol–water partition coefficient (Wildman–Crippen LogP) is 2.46. The third-order valence-corrected chi connectivity index (χ3v) is 2.50. The average Bonchev–Trinajstić information content (AvgIpc) is 2.18. The highest BCUT2D eigenvalue weighted by atomic mass is 15.2. The third kappa shape index (κ3) is 3.92. The summed E-state index contributed by atoms with van der Waals surface area (Å²) in [6.07, 6.45) is 0. The molecule has 0 aromatic heterocycles. The Labute approximate surface area is 93.5 Å². The molecule has 0 aliphatic rings. The standard InChI is InChI=1S/C13H22N2/c1-12(2)15(11-10-14(3)4)13-8-6-5-7-9-13/h5-9,12H,10-11H2,1-4H3. The van der Waals surface area contributed by atoms with E-state index in [1.807, 2.05) is 0 Å². The summed E-state index contributed by atoms with van der Waals surface area (Å²) in [6.45, 7) is 6.65. The molecule has 1 aromatic carbocycles. The zero-order valence-electron chi connectivity index (χ0n) is 10.3. The Kier molecular flexibility index (Phi) is 4.63. The van der Waals surface area contributed by atoms with Crippen LogP contribution in [0.15, 0.2) is 30.3 Å². The zero-order valence-corrected chi connectivity index (χ0v) is 10.3. The molecule has 0 atom stereocenters. The first kappa shape index (κ1) is 12.1. The van der Waals surface area contributed by atoms with Crippen molar-refractivity contribution in [3.05, 3.63) is 30.3 Å². The molecule has 0 bridgehead atoms. The molecule has 0 aliphatic carbocycles. The highest BCUT2D eigenvalue weighted by molar-refractivity contribution is 5.46. The Morgan fingerprint density at radius 1 is 1.00 bits per heavy atom. The number of nitrogens with zero attached hydrogens (tertiary/aromatic N) is 2. The van der Waals surface area contributed by atoms with Crippen LogP contribution < -0.4 is 4.90 Å². The molecule has 84 valence electrons. The maximum atomic E-state index is 2.43. The minimum Gasteiger partial charge on any atom is -0.368 e. The van der Waals surface area contributed by atoms with Crippen LogP contribution in [-0.4, -0.2) is 38.1 Å². The van der Waals surface area contributed by atoms with Crippen molar-refractivity contribution in [2.24, 2.45) is 0 Å². The van der Waals surface area contributed by atoms with Gasteiger partial charge in [0.25, 0.3) is 0 Å². The minimum absolute atomic E-state index is 0.548. The number of hydrogen-bond acceptors (Lipinski definition) is 2. The predicted molar refractivity (Wildman–Crippen MR) is 67.5 cm³/mol. The van der Waals surface area contributed by atoms with Gasteiger partial charge < -0.3 is 9.80 Å². The smallest absolute Gasteiger partial charge is 0.0368 e. The van der Waals surface area contributed by atoms with Crippen molar-refractivity contribution in [3.8, 4) is 0 Å². The number of para-hydroxylation sites is 1. The maximum Gasteiger partial charge on any atom is 0.0368 e. The van der Waals surface area contributed by atoms with Crippen molar-refractivity contribution < 1.29 is 0 Å². The van der Waals surface area contributed by atoms with E-state index in [-0.39, 0.29) is 0 Å². The maximum absolute atomic E-state index is 2.43. The fourth-order valence-electron chi connectivity index (χ4n) is 1.61. The summed E-state index contributed by atoms with van der Waals surface area (Å²) in [6, 6.07) is 11.2. The zero-order chi connectivity index (χ0) is 11.3. The molecule has 0 saturated carbocycles. The Morgan fingerprint density at radius 3 is 2.07 bits per heavy atom. The van der Waals surface area contributed by atoms with Crippen LogP contribution in [0.5, 0.6) is 0 Å². The highest BCUT2D eigenvalue weighted by Crippen LogP contribution is 2.15. The van der Waals surface area contributed by atoms with Gasteiger partial charge in [-0.2, -0.15) is 0 Å². The van der Waals surface area contributed by atoms with Gasteiger partial charge in [0.2, 0.25) is 0 Å². The summed E-state index contributed by atoms with van der Waals surface area (Å²) in [5.41, 5.74) is 1.31. The van der Waals surface area contributed by atoms with Crippen LogP contribution in [0.1, 0.15) is 13.8 Å². The fraction of sp³-hybridized carbons (Fsp3) is 0.538. The first-order chi connectivity index (χ1) is 7.11. The van der Waals surface area contributed by atoms with Crippen LogP contribution >= 0.6 is 0 Å². The summed E-state index contributed by atoms with van der Waals surface area (Å²) < 4.78 is 0. The van der Waals surface area contributed by atoms with Crippen molar-refractivity contribution in [1.82, 2.24) is 4.90 Å². The van der Waals surface area contributed by atoms with Gasteiger partial charge in [0.15, 0.2) is 0 Å². The number of anilines is 1. The van der Waals surface area contributed by atoms with E-state index in [4.69, 9.17) is 0 Å². The summed E-state index contributed by atoms with van der Waals surface area (Å²) in [4.78, 5) is 4.65. The van der Waals surface area contributed by atoms with E-state index in [1.54, 1.807) is 0 Å². The van der Waals surface area contributed by atoms with Crippen molar-refractivity contribution in [1.29, 1.82) is 0 Å². The van der Waals surface area contributed by atoms with E-state index < -0.39 is 0 Å². The molecule has 15 heavy (non-hydrogen) atoms. The molecule has 1 rings (SSSR count). The second kappa shape index (κ2) is 5.76. The minimum atomic E-state index is 0.548. The molecule has 0 aliphatic heterocycles. The van der Waals surface area contributed by atoms with E-state index in [9.17, 15) is 0 Å². The summed E-state index contributed by atoms with van der Waals surface area (Å²) >= 11 is 0. The van der Waals surface area contributed by atoms with E-state index in [0.717, 1.165) is 13.1 Å². The molecule has 0 saturated heterocycles. The lowest BCUT2D eigenvalue weighted by molar-refractivity contribution is 0.408. The van der Waals surface area contributed by atoms with E-state index in [0.29, 0.717) is 6.04 Å². The van der Waals surface area contributed by atoms with Gasteiger partial charge in [-0.1, -0.05) is 18.2 Å². The van der Waals surface area contributed by atoms with Crippen LogP contribution in [0.25, 0.3) is 0 Å². The van der Waals surface area contributed by atoms with Gasteiger partial charge >= 0.3 is 0 Å². The van der Waals surface area contributed by atoms with Crippen LogP contribution in [0.2, 0.25) is 0 Å². The Balaban J connectivity index is 2.66. The molecule has 0 spiro atoms. The lowest BCUT2D eigenvalue weighted by Crippen LogP contribution is -2.36. The molecule has 2 heteroatoms. The van der Waals surface area contributed by atoms with E-state index in [2.05, 4.69) is 68.1 Å². The molecule has 0 unspecified atom stereocenters. The normalized spacial score (nSPS) is 11.1. The Hall–Kier alpha value is -1.02. The Bertz CT molecular complexity index is 267. The number of likely N-dealkylation sites (N-methyl/N-ethyl adjacent to an activating group) is 1. The number of rotatable bonds is 5. The van der Waals surface area contributed by atoms with E-state index in [1.165, 1.54) is 5.69 Å². The lowest BCUT2D eigenvalue weighted by atomic mass is 10.2.